The summed E-state index contributed by atoms with van der Waals surface area (Å²) in [6.07, 6.45) is -4.14. The molecule has 0 aliphatic carbocycles. The van der Waals surface area contributed by atoms with Crippen LogP contribution in [-0.2, 0) is 17.4 Å². The molecule has 106 valence electrons. The summed E-state index contributed by atoms with van der Waals surface area (Å²) in [4.78, 5) is 15.0. The zero-order chi connectivity index (χ0) is 14.9. The molecule has 0 spiro atoms. The molecule has 0 radical (unpaired) electrons. The Morgan fingerprint density at radius 2 is 2.00 bits per heavy atom. The molecule has 1 aromatic heterocycles. The molecule has 0 aliphatic heterocycles. The fraction of sp³-hybridized carbons (Fsp3) is 0.286. The fourth-order valence-corrected chi connectivity index (χ4v) is 1.86. The van der Waals surface area contributed by atoms with Crippen molar-refractivity contribution in [2.24, 2.45) is 5.92 Å². The number of alkyl halides is 3. The van der Waals surface area contributed by atoms with Crippen molar-refractivity contribution in [1.29, 1.82) is 0 Å². The summed E-state index contributed by atoms with van der Waals surface area (Å²) >= 11 is 0. The van der Waals surface area contributed by atoms with Gasteiger partial charge in [-0.2, -0.15) is 13.2 Å². The maximum Gasteiger partial charge on any atom is 0.416 e. The Hall–Kier alpha value is -2.11. The third-order valence-corrected chi connectivity index (χ3v) is 3.01. The molecule has 0 amide bonds. The topological polar surface area (TPSA) is 50.2 Å². The number of rotatable bonds is 3. The molecule has 0 saturated carbocycles. The largest absolute Gasteiger partial charge is 0.481 e. The van der Waals surface area contributed by atoms with Gasteiger partial charge in [0.1, 0.15) is 0 Å². The maximum atomic E-state index is 12.6. The number of aliphatic carboxylic acids is 1. The molecule has 0 aliphatic rings. The van der Waals surface area contributed by atoms with Crippen LogP contribution in [0.1, 0.15) is 18.2 Å². The Morgan fingerprint density at radius 3 is 2.60 bits per heavy atom. The first kappa shape index (κ1) is 14.3. The van der Waals surface area contributed by atoms with Crippen molar-refractivity contribution in [3.63, 3.8) is 0 Å². The fourth-order valence-electron chi connectivity index (χ4n) is 1.86. The lowest BCUT2D eigenvalue weighted by Crippen LogP contribution is -2.13. The van der Waals surface area contributed by atoms with Gasteiger partial charge in [-0.15, -0.1) is 0 Å². The first-order valence-electron chi connectivity index (χ1n) is 5.97. The Morgan fingerprint density at radius 1 is 1.30 bits per heavy atom. The van der Waals surface area contributed by atoms with Gasteiger partial charge < -0.3 is 5.11 Å². The molecule has 6 heteroatoms. The average Bonchev–Trinajstić information content (AvgIpc) is 2.36. The molecular formula is C14H12F3NO2. The standard InChI is InChI=1S/C14H12F3NO2/c1-8(13(19)20)6-11-4-2-9-7-10(14(15,16)17)3-5-12(9)18-11/h2-5,7-8H,6H2,1H3,(H,19,20). The second-order valence-electron chi connectivity index (χ2n) is 4.65. The van der Waals surface area contributed by atoms with E-state index in [1.165, 1.54) is 12.1 Å². The third kappa shape index (κ3) is 3.07. The minimum Gasteiger partial charge on any atom is -0.481 e. The highest BCUT2D eigenvalue weighted by atomic mass is 19.4. The second kappa shape index (κ2) is 5.11. The molecule has 1 heterocycles. The average molecular weight is 283 g/mol. The number of pyridine rings is 1. The SMILES string of the molecule is CC(Cc1ccc2cc(C(F)(F)F)ccc2n1)C(=O)O. The van der Waals surface area contributed by atoms with E-state index in [2.05, 4.69) is 4.98 Å². The highest BCUT2D eigenvalue weighted by Crippen LogP contribution is 2.31. The molecular weight excluding hydrogens is 271 g/mol. The van der Waals surface area contributed by atoms with Crippen LogP contribution >= 0.6 is 0 Å². The number of hydrogen-bond donors (Lipinski definition) is 1. The summed E-state index contributed by atoms with van der Waals surface area (Å²) < 4.78 is 37.7. The number of fused-ring (bicyclic) bond motifs is 1. The molecule has 20 heavy (non-hydrogen) atoms. The lowest BCUT2D eigenvalue weighted by atomic mass is 10.0. The van der Waals surface area contributed by atoms with Crippen LogP contribution in [0.5, 0.6) is 0 Å². The van der Waals surface area contributed by atoms with E-state index >= 15 is 0 Å². The number of carboxylic acid groups (broad SMARTS) is 1. The van der Waals surface area contributed by atoms with Gasteiger partial charge in [-0.05, 0) is 24.3 Å². The summed E-state index contributed by atoms with van der Waals surface area (Å²) in [5.41, 5.74) is 0.249. The minimum atomic E-state index is -4.38. The predicted octanol–water partition coefficient (Wildman–Crippen LogP) is 3.52. The van der Waals surface area contributed by atoms with Crippen molar-refractivity contribution in [1.82, 2.24) is 4.98 Å². The smallest absolute Gasteiger partial charge is 0.416 e. The van der Waals surface area contributed by atoms with Gasteiger partial charge in [0.15, 0.2) is 0 Å². The highest BCUT2D eigenvalue weighted by Gasteiger charge is 2.30. The predicted molar refractivity (Wildman–Crippen MR) is 67.2 cm³/mol. The summed E-state index contributed by atoms with van der Waals surface area (Å²) in [6.45, 7) is 1.56. The molecule has 0 bridgehead atoms. The van der Waals surface area contributed by atoms with Crippen LogP contribution in [0.15, 0.2) is 30.3 Å². The molecule has 0 saturated heterocycles. The first-order chi connectivity index (χ1) is 9.27. The van der Waals surface area contributed by atoms with Crippen LogP contribution in [0.2, 0.25) is 0 Å². The van der Waals surface area contributed by atoms with E-state index in [0.717, 1.165) is 12.1 Å². The number of carboxylic acids is 1. The van der Waals surface area contributed by atoms with Crippen LogP contribution < -0.4 is 0 Å². The van der Waals surface area contributed by atoms with E-state index < -0.39 is 23.6 Å². The number of nitrogens with zero attached hydrogens (tertiary/aromatic N) is 1. The normalized spacial score (nSPS) is 13.4. The van der Waals surface area contributed by atoms with E-state index in [1.54, 1.807) is 13.0 Å². The van der Waals surface area contributed by atoms with Gasteiger partial charge in [0.25, 0.3) is 0 Å². The Balaban J connectivity index is 2.34. The van der Waals surface area contributed by atoms with Crippen LogP contribution in [0.25, 0.3) is 10.9 Å². The van der Waals surface area contributed by atoms with Gasteiger partial charge in [-0.25, -0.2) is 0 Å². The summed E-state index contributed by atoms with van der Waals surface area (Å²) in [5.74, 6) is -1.52. The summed E-state index contributed by atoms with van der Waals surface area (Å²) in [7, 11) is 0. The zero-order valence-corrected chi connectivity index (χ0v) is 10.6. The Labute approximate surface area is 113 Å². The van der Waals surface area contributed by atoms with Gasteiger partial charge >= 0.3 is 12.1 Å². The molecule has 1 unspecified atom stereocenters. The molecule has 1 atom stereocenters. The number of aromatic nitrogens is 1. The Bertz CT molecular complexity index is 652. The maximum absolute atomic E-state index is 12.6. The summed E-state index contributed by atoms with van der Waals surface area (Å²) in [5, 5.41) is 9.21. The third-order valence-electron chi connectivity index (χ3n) is 3.01. The van der Waals surface area contributed by atoms with Crippen molar-refractivity contribution >= 4 is 16.9 Å². The van der Waals surface area contributed by atoms with Crippen molar-refractivity contribution in [2.75, 3.05) is 0 Å². The van der Waals surface area contributed by atoms with E-state index in [0.29, 0.717) is 16.6 Å². The molecule has 1 N–H and O–H groups in total. The lowest BCUT2D eigenvalue weighted by molar-refractivity contribution is -0.141. The van der Waals surface area contributed by atoms with Crippen molar-refractivity contribution < 1.29 is 23.1 Å². The van der Waals surface area contributed by atoms with Crippen LogP contribution in [0.4, 0.5) is 13.2 Å². The van der Waals surface area contributed by atoms with E-state index in [-0.39, 0.29) is 6.42 Å². The molecule has 2 rings (SSSR count). The van der Waals surface area contributed by atoms with Crippen molar-refractivity contribution in [3.8, 4) is 0 Å². The van der Waals surface area contributed by atoms with Crippen LogP contribution in [0.3, 0.4) is 0 Å². The first-order valence-corrected chi connectivity index (χ1v) is 5.97. The minimum absolute atomic E-state index is 0.242. The zero-order valence-electron chi connectivity index (χ0n) is 10.6. The molecule has 3 nitrogen and oxygen atoms in total. The number of benzene rings is 1. The molecule has 1 aromatic carbocycles. The monoisotopic (exact) mass is 283 g/mol. The quantitative estimate of drug-likeness (QED) is 0.937. The van der Waals surface area contributed by atoms with Gasteiger partial charge in [-0.1, -0.05) is 13.0 Å². The van der Waals surface area contributed by atoms with Gasteiger partial charge in [0.2, 0.25) is 0 Å². The molecule has 2 aromatic rings. The van der Waals surface area contributed by atoms with E-state index in [9.17, 15) is 18.0 Å². The van der Waals surface area contributed by atoms with E-state index in [4.69, 9.17) is 5.11 Å². The Kier molecular flexibility index (Phi) is 3.65. The van der Waals surface area contributed by atoms with Gasteiger partial charge in [0, 0.05) is 17.5 Å². The van der Waals surface area contributed by atoms with E-state index in [1.807, 2.05) is 0 Å². The van der Waals surface area contributed by atoms with Gasteiger partial charge in [-0.3, -0.25) is 9.78 Å². The molecule has 0 fully saturated rings. The number of carbonyl (C=O) groups is 1. The number of hydrogen-bond acceptors (Lipinski definition) is 2. The van der Waals surface area contributed by atoms with Crippen LogP contribution in [0, 0.1) is 5.92 Å². The highest BCUT2D eigenvalue weighted by molar-refractivity contribution is 5.79. The second-order valence-corrected chi connectivity index (χ2v) is 4.65. The summed E-state index contributed by atoms with van der Waals surface area (Å²) in [6, 6.07) is 6.39. The van der Waals surface area contributed by atoms with Gasteiger partial charge in [0.05, 0.1) is 17.0 Å². The van der Waals surface area contributed by atoms with Crippen LogP contribution in [-0.4, -0.2) is 16.1 Å². The van der Waals surface area contributed by atoms with Crippen molar-refractivity contribution in [2.45, 2.75) is 19.5 Å². The van der Waals surface area contributed by atoms with Crippen molar-refractivity contribution in [3.05, 3.63) is 41.6 Å². The lowest BCUT2D eigenvalue weighted by Gasteiger charge is -2.09. The number of halogens is 3.